The van der Waals surface area contributed by atoms with E-state index in [1.807, 2.05) is 48.5 Å². The summed E-state index contributed by atoms with van der Waals surface area (Å²) in [4.78, 5) is 46.0. The average molecular weight is 493 g/mol. The Morgan fingerprint density at radius 2 is 1.57 bits per heavy atom. The number of fused-ring (bicyclic) bond motifs is 1. The molecule has 2 aromatic carbocycles. The first-order chi connectivity index (χ1) is 17.1. The number of rotatable bonds is 6. The molecule has 8 heteroatoms. The van der Waals surface area contributed by atoms with Gasteiger partial charge in [-0.15, -0.1) is 11.8 Å². The summed E-state index contributed by atoms with van der Waals surface area (Å²) >= 11 is 1.29. The summed E-state index contributed by atoms with van der Waals surface area (Å²) in [6.45, 7) is 4.47. The van der Waals surface area contributed by atoms with E-state index in [1.54, 1.807) is 4.90 Å². The van der Waals surface area contributed by atoms with Crippen LogP contribution in [0.3, 0.4) is 0 Å². The number of benzene rings is 2. The maximum Gasteiger partial charge on any atom is 0.250 e. The number of amides is 3. The highest BCUT2D eigenvalue weighted by molar-refractivity contribution is 8.01. The minimum absolute atomic E-state index is 0.129. The number of hydrogen-bond acceptors (Lipinski definition) is 5. The van der Waals surface area contributed by atoms with Crippen LogP contribution in [0, 0.1) is 0 Å². The molecule has 3 aliphatic heterocycles. The van der Waals surface area contributed by atoms with Gasteiger partial charge in [0.2, 0.25) is 11.8 Å². The van der Waals surface area contributed by atoms with Gasteiger partial charge in [-0.2, -0.15) is 0 Å². The molecule has 1 atom stereocenters. The molecule has 5 rings (SSSR count). The summed E-state index contributed by atoms with van der Waals surface area (Å²) in [6.07, 6.45) is 5.77. The van der Waals surface area contributed by atoms with Gasteiger partial charge < -0.3 is 15.1 Å². The van der Waals surface area contributed by atoms with Gasteiger partial charge in [0.15, 0.2) is 5.25 Å². The third kappa shape index (κ3) is 5.54. The van der Waals surface area contributed by atoms with E-state index in [2.05, 4.69) is 10.2 Å². The molecule has 0 radical (unpaired) electrons. The number of carbonyl (C=O) groups excluding carboxylic acids is 3. The molecule has 0 aromatic heterocycles. The van der Waals surface area contributed by atoms with E-state index in [0.717, 1.165) is 37.4 Å². The lowest BCUT2D eigenvalue weighted by Gasteiger charge is -2.34. The van der Waals surface area contributed by atoms with Crippen LogP contribution in [0.1, 0.15) is 37.7 Å². The minimum Gasteiger partial charge on any atom is -0.341 e. The molecule has 1 N–H and O–H groups in total. The Morgan fingerprint density at radius 3 is 2.31 bits per heavy atom. The fourth-order valence-corrected chi connectivity index (χ4v) is 6.24. The van der Waals surface area contributed by atoms with Gasteiger partial charge in [0.05, 0.1) is 5.69 Å². The summed E-state index contributed by atoms with van der Waals surface area (Å²) in [7, 11) is 0. The van der Waals surface area contributed by atoms with Crippen LogP contribution in [0.15, 0.2) is 53.4 Å². The van der Waals surface area contributed by atoms with Gasteiger partial charge in [-0.1, -0.05) is 30.7 Å². The van der Waals surface area contributed by atoms with Crippen LogP contribution in [0.5, 0.6) is 0 Å². The first kappa shape index (κ1) is 23.9. The number of hydrogen-bond donors (Lipinski definition) is 1. The lowest BCUT2D eigenvalue weighted by atomic mass is 10.1. The second-order valence-corrected chi connectivity index (χ2v) is 10.7. The molecule has 7 nitrogen and oxygen atoms in total. The predicted octanol–water partition coefficient (Wildman–Crippen LogP) is 3.74. The zero-order valence-electron chi connectivity index (χ0n) is 19.9. The predicted molar refractivity (Wildman–Crippen MR) is 138 cm³/mol. The van der Waals surface area contributed by atoms with Crippen LogP contribution in [0.2, 0.25) is 0 Å². The normalized spacial score (nSPS) is 20.6. The van der Waals surface area contributed by atoms with E-state index < -0.39 is 5.25 Å². The Morgan fingerprint density at radius 1 is 0.886 bits per heavy atom. The number of likely N-dealkylation sites (tertiary alicyclic amines) is 2. The zero-order valence-corrected chi connectivity index (χ0v) is 20.8. The first-order valence-corrected chi connectivity index (χ1v) is 13.4. The Bertz CT molecular complexity index is 1080. The van der Waals surface area contributed by atoms with Crippen LogP contribution >= 0.6 is 11.8 Å². The monoisotopic (exact) mass is 492 g/mol. The van der Waals surface area contributed by atoms with Crippen molar-refractivity contribution in [3.05, 3.63) is 54.1 Å². The van der Waals surface area contributed by atoms with E-state index in [4.69, 9.17) is 0 Å². The van der Waals surface area contributed by atoms with Gasteiger partial charge in [0.1, 0.15) is 6.54 Å². The van der Waals surface area contributed by atoms with E-state index in [-0.39, 0.29) is 24.3 Å². The lowest BCUT2D eigenvalue weighted by Crippen LogP contribution is -2.51. The molecule has 2 fully saturated rings. The van der Waals surface area contributed by atoms with Crippen molar-refractivity contribution < 1.29 is 14.4 Å². The molecule has 3 amide bonds. The van der Waals surface area contributed by atoms with Crippen molar-refractivity contribution in [2.24, 2.45) is 0 Å². The zero-order chi connectivity index (χ0) is 24.2. The average Bonchev–Trinajstić information content (AvgIpc) is 3.42. The number of piperidine rings is 1. The molecule has 184 valence electrons. The SMILES string of the molecule is O=C(CN1C(=O)C(C(=O)N2CCCC2)Sc2ccccc21)Nc1ccc(CN2CCCCC2)cc1. The fraction of sp³-hybridized carbons (Fsp3) is 0.444. The van der Waals surface area contributed by atoms with Gasteiger partial charge in [-0.3, -0.25) is 19.3 Å². The van der Waals surface area contributed by atoms with Crippen molar-refractivity contribution in [3.63, 3.8) is 0 Å². The third-order valence-corrected chi connectivity index (χ3v) is 8.17. The molecule has 2 saturated heterocycles. The number of para-hydroxylation sites is 1. The van der Waals surface area contributed by atoms with Crippen LogP contribution in [-0.2, 0) is 20.9 Å². The summed E-state index contributed by atoms with van der Waals surface area (Å²) < 4.78 is 0. The Hall–Kier alpha value is -2.84. The van der Waals surface area contributed by atoms with Crippen molar-refractivity contribution in [1.82, 2.24) is 9.80 Å². The van der Waals surface area contributed by atoms with Crippen molar-refractivity contribution in [1.29, 1.82) is 0 Å². The van der Waals surface area contributed by atoms with Gasteiger partial charge in [-0.05, 0) is 68.6 Å². The molecule has 0 bridgehead atoms. The number of thioether (sulfide) groups is 1. The van der Waals surface area contributed by atoms with Crippen molar-refractivity contribution in [3.8, 4) is 0 Å². The summed E-state index contributed by atoms with van der Waals surface area (Å²) in [5.74, 6) is -0.754. The van der Waals surface area contributed by atoms with Crippen molar-refractivity contribution >= 4 is 40.9 Å². The van der Waals surface area contributed by atoms with E-state index in [1.165, 1.54) is 41.5 Å². The number of nitrogens with zero attached hydrogens (tertiary/aromatic N) is 3. The second kappa shape index (κ2) is 10.8. The fourth-order valence-electron chi connectivity index (χ4n) is 5.05. The largest absolute Gasteiger partial charge is 0.341 e. The van der Waals surface area contributed by atoms with E-state index >= 15 is 0 Å². The number of anilines is 2. The molecule has 2 aromatic rings. The van der Waals surface area contributed by atoms with Gasteiger partial charge in [0.25, 0.3) is 5.91 Å². The molecule has 35 heavy (non-hydrogen) atoms. The standard InChI is InChI=1S/C27H32N4O3S/c32-24(28-21-12-10-20(11-13-21)18-29-14-4-1-5-15-29)19-31-22-8-2-3-9-23(22)35-25(27(31)34)26(33)30-16-6-7-17-30/h2-3,8-13,25H,1,4-7,14-19H2,(H,28,32). The molecule has 0 aliphatic carbocycles. The van der Waals surface area contributed by atoms with Gasteiger partial charge in [0, 0.05) is 30.2 Å². The van der Waals surface area contributed by atoms with Crippen LogP contribution in [0.25, 0.3) is 0 Å². The number of carbonyl (C=O) groups is 3. The highest BCUT2D eigenvalue weighted by atomic mass is 32.2. The molecule has 0 saturated carbocycles. The Balaban J connectivity index is 1.25. The topological polar surface area (TPSA) is 73.0 Å². The second-order valence-electron chi connectivity index (χ2n) is 9.50. The van der Waals surface area contributed by atoms with Crippen molar-refractivity contribution in [2.75, 3.05) is 42.9 Å². The molecule has 3 heterocycles. The highest BCUT2D eigenvalue weighted by Crippen LogP contribution is 2.40. The number of nitrogens with one attached hydrogen (secondary N) is 1. The molecule has 3 aliphatic rings. The van der Waals surface area contributed by atoms with Gasteiger partial charge >= 0.3 is 0 Å². The summed E-state index contributed by atoms with van der Waals surface area (Å²) in [5, 5.41) is 2.08. The Kier molecular flexibility index (Phi) is 7.39. The first-order valence-electron chi connectivity index (χ1n) is 12.6. The highest BCUT2D eigenvalue weighted by Gasteiger charge is 2.41. The Labute approximate surface area is 210 Å². The molecular weight excluding hydrogens is 460 g/mol. The van der Waals surface area contributed by atoms with Crippen LogP contribution in [-0.4, -0.2) is 65.5 Å². The van der Waals surface area contributed by atoms with E-state index in [0.29, 0.717) is 24.5 Å². The van der Waals surface area contributed by atoms with Gasteiger partial charge in [-0.25, -0.2) is 0 Å². The molecular formula is C27H32N4O3S. The third-order valence-electron chi connectivity index (χ3n) is 6.93. The summed E-state index contributed by atoms with van der Waals surface area (Å²) in [5.41, 5.74) is 2.61. The lowest BCUT2D eigenvalue weighted by molar-refractivity contribution is -0.134. The van der Waals surface area contributed by atoms with Crippen LogP contribution in [0.4, 0.5) is 11.4 Å². The smallest absolute Gasteiger partial charge is 0.250 e. The quantitative estimate of drug-likeness (QED) is 0.622. The molecule has 1 unspecified atom stereocenters. The summed E-state index contributed by atoms with van der Waals surface area (Å²) in [6, 6.07) is 15.4. The molecule has 0 spiro atoms. The van der Waals surface area contributed by atoms with E-state index in [9.17, 15) is 14.4 Å². The van der Waals surface area contributed by atoms with Crippen molar-refractivity contribution in [2.45, 2.75) is 48.8 Å². The van der Waals surface area contributed by atoms with Crippen LogP contribution < -0.4 is 10.2 Å². The minimum atomic E-state index is -0.843. The maximum atomic E-state index is 13.4. The maximum absolute atomic E-state index is 13.4.